The summed E-state index contributed by atoms with van der Waals surface area (Å²) >= 11 is 0. The molecule has 3 N–H and O–H groups in total. The maximum Gasteiger partial charge on any atom is 0.0930 e. The van der Waals surface area contributed by atoms with Crippen molar-refractivity contribution < 1.29 is 0 Å². The van der Waals surface area contributed by atoms with E-state index in [1.165, 1.54) is 0 Å². The summed E-state index contributed by atoms with van der Waals surface area (Å²) in [4.78, 5) is 0. The molecule has 15 heavy (non-hydrogen) atoms. The van der Waals surface area contributed by atoms with Crippen LogP contribution < -0.4 is 16.0 Å². The first-order chi connectivity index (χ1) is 7.19. The Labute approximate surface area is 92.1 Å². The van der Waals surface area contributed by atoms with Crippen molar-refractivity contribution in [3.8, 4) is 6.07 Å². The number of nitriles is 1. The first kappa shape index (κ1) is 13.4. The molecule has 0 atom stereocenters. The fraction of sp³-hybridized carbons (Fsp3) is 0.545. The summed E-state index contributed by atoms with van der Waals surface area (Å²) < 4.78 is 0. The van der Waals surface area contributed by atoms with Crippen molar-refractivity contribution in [1.82, 2.24) is 16.0 Å². The molecule has 0 saturated heterocycles. The molecule has 0 rings (SSSR count). The molecular weight excluding hydrogens is 188 g/mol. The molecule has 0 fully saturated rings. The van der Waals surface area contributed by atoms with E-state index in [1.807, 2.05) is 34.1 Å². The van der Waals surface area contributed by atoms with Gasteiger partial charge in [0.05, 0.1) is 6.07 Å². The highest BCUT2D eigenvalue weighted by Gasteiger charge is 2.01. The third-order valence-electron chi connectivity index (χ3n) is 2.33. The van der Waals surface area contributed by atoms with Gasteiger partial charge in [-0.2, -0.15) is 5.26 Å². The number of hydrogen-bond acceptors (Lipinski definition) is 4. The van der Waals surface area contributed by atoms with Crippen LogP contribution in [0.2, 0.25) is 0 Å². The summed E-state index contributed by atoms with van der Waals surface area (Å²) in [5, 5.41) is 17.8. The van der Waals surface area contributed by atoms with E-state index in [0.717, 1.165) is 29.9 Å². The van der Waals surface area contributed by atoms with Crippen LogP contribution in [0.3, 0.4) is 0 Å². The monoisotopic (exact) mass is 208 g/mol. The lowest BCUT2D eigenvalue weighted by molar-refractivity contribution is 0.753. The molecule has 4 nitrogen and oxygen atoms in total. The zero-order valence-corrected chi connectivity index (χ0v) is 9.94. The standard InChI is InChI=1S/C11H20N4/c1-9(13-2)11(15-4)6-5-10(14-3)7-8-12/h7,13-15H,5-6H2,1-4H3/b10-7+,11-9?. The average molecular weight is 208 g/mol. The van der Waals surface area contributed by atoms with E-state index in [1.54, 1.807) is 6.08 Å². The molecule has 0 aromatic rings. The fourth-order valence-electron chi connectivity index (χ4n) is 1.26. The van der Waals surface area contributed by atoms with Crippen molar-refractivity contribution >= 4 is 0 Å². The maximum atomic E-state index is 8.54. The Hall–Kier alpha value is -1.63. The van der Waals surface area contributed by atoms with Crippen LogP contribution in [0.4, 0.5) is 0 Å². The highest BCUT2D eigenvalue weighted by atomic mass is 14.9. The van der Waals surface area contributed by atoms with Gasteiger partial charge < -0.3 is 16.0 Å². The van der Waals surface area contributed by atoms with E-state index < -0.39 is 0 Å². The number of allylic oxidation sites excluding steroid dienone is 4. The normalized spacial score (nSPS) is 12.6. The molecule has 0 unspecified atom stereocenters. The van der Waals surface area contributed by atoms with E-state index >= 15 is 0 Å². The van der Waals surface area contributed by atoms with Crippen LogP contribution in [-0.2, 0) is 0 Å². The van der Waals surface area contributed by atoms with Crippen LogP contribution in [0.15, 0.2) is 23.2 Å². The molecule has 0 aliphatic heterocycles. The van der Waals surface area contributed by atoms with Crippen molar-refractivity contribution in [2.45, 2.75) is 19.8 Å². The van der Waals surface area contributed by atoms with E-state index in [0.29, 0.717) is 0 Å². The van der Waals surface area contributed by atoms with Crippen LogP contribution in [0.5, 0.6) is 0 Å². The molecule has 0 amide bonds. The van der Waals surface area contributed by atoms with Crippen molar-refractivity contribution in [2.75, 3.05) is 21.1 Å². The topological polar surface area (TPSA) is 59.9 Å². The molecular formula is C11H20N4. The predicted molar refractivity (Wildman–Crippen MR) is 62.8 cm³/mol. The van der Waals surface area contributed by atoms with E-state index in [2.05, 4.69) is 16.0 Å². The van der Waals surface area contributed by atoms with Crippen molar-refractivity contribution in [3.05, 3.63) is 23.2 Å². The SMILES string of the molecule is CNC(C)=C(CC/C(=C\C#N)NC)NC. The predicted octanol–water partition coefficient (Wildman–Crippen LogP) is 1.06. The van der Waals surface area contributed by atoms with Crippen LogP contribution in [0.25, 0.3) is 0 Å². The summed E-state index contributed by atoms with van der Waals surface area (Å²) in [6.45, 7) is 2.03. The van der Waals surface area contributed by atoms with Gasteiger partial charge in [-0.25, -0.2) is 0 Å². The summed E-state index contributed by atoms with van der Waals surface area (Å²) in [5.74, 6) is 0. The lowest BCUT2D eigenvalue weighted by Crippen LogP contribution is -2.16. The molecule has 0 aliphatic rings. The second kappa shape index (κ2) is 7.74. The molecule has 0 aromatic carbocycles. The van der Waals surface area contributed by atoms with Gasteiger partial charge in [-0.1, -0.05) is 0 Å². The number of nitrogens with one attached hydrogen (secondary N) is 3. The smallest absolute Gasteiger partial charge is 0.0930 e. The van der Waals surface area contributed by atoms with Gasteiger partial charge in [0.1, 0.15) is 0 Å². The molecule has 0 radical (unpaired) electrons. The Morgan fingerprint density at radius 3 is 2.20 bits per heavy atom. The molecule has 0 aliphatic carbocycles. The summed E-state index contributed by atoms with van der Waals surface area (Å²) in [6.07, 6.45) is 3.26. The van der Waals surface area contributed by atoms with Crippen LogP contribution in [0, 0.1) is 11.3 Å². The van der Waals surface area contributed by atoms with Crippen LogP contribution in [0.1, 0.15) is 19.8 Å². The third-order valence-corrected chi connectivity index (χ3v) is 2.33. The van der Waals surface area contributed by atoms with Crippen LogP contribution >= 0.6 is 0 Å². The van der Waals surface area contributed by atoms with Gasteiger partial charge in [0, 0.05) is 44.3 Å². The number of nitrogens with zero attached hydrogens (tertiary/aromatic N) is 1. The highest BCUT2D eigenvalue weighted by molar-refractivity contribution is 5.15. The zero-order chi connectivity index (χ0) is 11.7. The first-order valence-electron chi connectivity index (χ1n) is 5.01. The summed E-state index contributed by atoms with van der Waals surface area (Å²) in [7, 11) is 5.64. The molecule has 0 spiro atoms. The Balaban J connectivity index is 4.36. The Morgan fingerprint density at radius 1 is 1.13 bits per heavy atom. The lowest BCUT2D eigenvalue weighted by Gasteiger charge is -2.12. The highest BCUT2D eigenvalue weighted by Crippen LogP contribution is 2.09. The Kier molecular flexibility index (Phi) is 6.90. The molecule has 0 bridgehead atoms. The number of rotatable bonds is 6. The minimum Gasteiger partial charge on any atom is -0.391 e. The minimum atomic E-state index is 0.833. The van der Waals surface area contributed by atoms with Gasteiger partial charge in [0.25, 0.3) is 0 Å². The van der Waals surface area contributed by atoms with E-state index in [4.69, 9.17) is 5.26 Å². The van der Waals surface area contributed by atoms with Crippen molar-refractivity contribution in [1.29, 1.82) is 5.26 Å². The van der Waals surface area contributed by atoms with Crippen molar-refractivity contribution in [2.24, 2.45) is 0 Å². The van der Waals surface area contributed by atoms with Gasteiger partial charge in [-0.15, -0.1) is 0 Å². The van der Waals surface area contributed by atoms with Gasteiger partial charge in [-0.05, 0) is 19.8 Å². The summed E-state index contributed by atoms with van der Waals surface area (Å²) in [5.41, 5.74) is 3.25. The summed E-state index contributed by atoms with van der Waals surface area (Å²) in [6, 6.07) is 2.03. The zero-order valence-electron chi connectivity index (χ0n) is 9.94. The Morgan fingerprint density at radius 2 is 1.80 bits per heavy atom. The lowest BCUT2D eigenvalue weighted by atomic mass is 10.1. The second-order valence-corrected chi connectivity index (χ2v) is 3.15. The number of hydrogen-bond donors (Lipinski definition) is 3. The van der Waals surface area contributed by atoms with E-state index in [9.17, 15) is 0 Å². The second-order valence-electron chi connectivity index (χ2n) is 3.15. The quantitative estimate of drug-likeness (QED) is 0.571. The largest absolute Gasteiger partial charge is 0.391 e. The maximum absolute atomic E-state index is 8.54. The van der Waals surface area contributed by atoms with Gasteiger partial charge in [-0.3, -0.25) is 0 Å². The Bertz CT molecular complexity index is 283. The van der Waals surface area contributed by atoms with Gasteiger partial charge in [0.2, 0.25) is 0 Å². The molecule has 0 saturated carbocycles. The van der Waals surface area contributed by atoms with Gasteiger partial charge >= 0.3 is 0 Å². The third kappa shape index (κ3) is 4.96. The molecule has 0 aromatic heterocycles. The van der Waals surface area contributed by atoms with Crippen molar-refractivity contribution in [3.63, 3.8) is 0 Å². The van der Waals surface area contributed by atoms with Crippen LogP contribution in [-0.4, -0.2) is 21.1 Å². The average Bonchev–Trinajstić information content (AvgIpc) is 2.27. The fourth-order valence-corrected chi connectivity index (χ4v) is 1.26. The molecule has 84 valence electrons. The first-order valence-corrected chi connectivity index (χ1v) is 5.01. The van der Waals surface area contributed by atoms with Gasteiger partial charge in [0.15, 0.2) is 0 Å². The minimum absolute atomic E-state index is 0.833. The molecule has 0 heterocycles. The molecule has 4 heteroatoms. The van der Waals surface area contributed by atoms with E-state index in [-0.39, 0.29) is 0 Å².